The zero-order chi connectivity index (χ0) is 16.4. The van der Waals surface area contributed by atoms with Crippen molar-refractivity contribution in [2.45, 2.75) is 25.3 Å². The van der Waals surface area contributed by atoms with Gasteiger partial charge in [0.25, 0.3) is 0 Å². The summed E-state index contributed by atoms with van der Waals surface area (Å²) in [5.74, 6) is 1.33. The second-order valence-electron chi connectivity index (χ2n) is 6.29. The van der Waals surface area contributed by atoms with Crippen LogP contribution in [0.4, 0.5) is 0 Å². The Balaban J connectivity index is 1.59. The van der Waals surface area contributed by atoms with E-state index in [-0.39, 0.29) is 12.6 Å². The number of benzene rings is 2. The lowest BCUT2D eigenvalue weighted by Crippen LogP contribution is -2.25. The van der Waals surface area contributed by atoms with E-state index in [1.165, 1.54) is 10.8 Å². The molecule has 0 aliphatic carbocycles. The van der Waals surface area contributed by atoms with Crippen LogP contribution in [0.3, 0.4) is 0 Å². The van der Waals surface area contributed by atoms with Gasteiger partial charge in [-0.15, -0.1) is 0 Å². The first-order valence-corrected chi connectivity index (χ1v) is 8.53. The lowest BCUT2D eigenvalue weighted by molar-refractivity contribution is 0.186. The van der Waals surface area contributed by atoms with Crippen molar-refractivity contribution < 1.29 is 9.63 Å². The third-order valence-electron chi connectivity index (χ3n) is 4.70. The van der Waals surface area contributed by atoms with Crippen molar-refractivity contribution in [3.8, 4) is 11.4 Å². The van der Waals surface area contributed by atoms with Crippen LogP contribution in [0.15, 0.2) is 47.0 Å². The summed E-state index contributed by atoms with van der Waals surface area (Å²) in [7, 11) is 0. The summed E-state index contributed by atoms with van der Waals surface area (Å²) >= 11 is 0. The maximum atomic E-state index is 9.04. The average Bonchev–Trinajstić information content (AvgIpc) is 3.28. The molecule has 1 aliphatic rings. The minimum absolute atomic E-state index is 0.179. The van der Waals surface area contributed by atoms with E-state index in [0.717, 1.165) is 37.9 Å². The smallest absolute Gasteiger partial charge is 0.244 e. The van der Waals surface area contributed by atoms with E-state index in [9.17, 15) is 0 Å². The molecule has 0 amide bonds. The fraction of sp³-hybridized carbons (Fsp3) is 0.368. The van der Waals surface area contributed by atoms with Crippen molar-refractivity contribution in [3.05, 3.63) is 48.4 Å². The van der Waals surface area contributed by atoms with E-state index in [0.29, 0.717) is 11.7 Å². The minimum atomic E-state index is 0.179. The van der Waals surface area contributed by atoms with Gasteiger partial charge in [-0.05, 0) is 42.6 Å². The molecule has 0 radical (unpaired) electrons. The fourth-order valence-electron chi connectivity index (χ4n) is 3.46. The summed E-state index contributed by atoms with van der Waals surface area (Å²) in [6.45, 7) is 2.11. The lowest BCUT2D eigenvalue weighted by atomic mass is 10.1. The molecule has 1 aliphatic heterocycles. The molecule has 3 aromatic rings. The normalized spacial score (nSPS) is 18.5. The largest absolute Gasteiger partial charge is 0.396 e. The zero-order valence-electron chi connectivity index (χ0n) is 13.6. The molecule has 5 heteroatoms. The van der Waals surface area contributed by atoms with Crippen LogP contribution in [0.5, 0.6) is 0 Å². The van der Waals surface area contributed by atoms with Crippen LogP contribution in [0.25, 0.3) is 22.2 Å². The molecule has 0 bridgehead atoms. The first-order valence-electron chi connectivity index (χ1n) is 8.53. The van der Waals surface area contributed by atoms with Crippen LogP contribution in [0, 0.1) is 0 Å². The number of aromatic nitrogens is 2. The molecule has 0 saturated carbocycles. The molecular formula is C19H21N3O2. The Labute approximate surface area is 140 Å². The molecule has 2 heterocycles. The fourth-order valence-corrected chi connectivity index (χ4v) is 3.46. The van der Waals surface area contributed by atoms with Gasteiger partial charge in [0.1, 0.15) is 0 Å². The summed E-state index contributed by atoms with van der Waals surface area (Å²) in [6, 6.07) is 14.7. The Kier molecular flexibility index (Phi) is 4.28. The molecule has 5 nitrogen and oxygen atoms in total. The van der Waals surface area contributed by atoms with Gasteiger partial charge in [-0.25, -0.2) is 0 Å². The molecule has 0 unspecified atom stereocenters. The minimum Gasteiger partial charge on any atom is -0.396 e. The second-order valence-corrected chi connectivity index (χ2v) is 6.29. The summed E-state index contributed by atoms with van der Waals surface area (Å²) in [6.07, 6.45) is 2.94. The van der Waals surface area contributed by atoms with E-state index in [4.69, 9.17) is 9.63 Å². The highest BCUT2D eigenvalue weighted by Crippen LogP contribution is 2.32. The second kappa shape index (κ2) is 6.71. The number of aliphatic hydroxyl groups is 1. The molecule has 1 atom stereocenters. The van der Waals surface area contributed by atoms with Crippen molar-refractivity contribution in [2.75, 3.05) is 19.7 Å². The van der Waals surface area contributed by atoms with E-state index >= 15 is 0 Å². The molecule has 1 N–H and O–H groups in total. The predicted octanol–water partition coefficient (Wildman–Crippen LogP) is 3.41. The Morgan fingerprint density at radius 1 is 1.17 bits per heavy atom. The van der Waals surface area contributed by atoms with Crippen molar-refractivity contribution in [2.24, 2.45) is 0 Å². The van der Waals surface area contributed by atoms with Crippen LogP contribution in [-0.4, -0.2) is 39.8 Å². The van der Waals surface area contributed by atoms with Crippen LogP contribution < -0.4 is 0 Å². The van der Waals surface area contributed by atoms with E-state index < -0.39 is 0 Å². The highest BCUT2D eigenvalue weighted by atomic mass is 16.5. The Morgan fingerprint density at radius 2 is 2.04 bits per heavy atom. The molecule has 4 rings (SSSR count). The molecule has 2 aromatic carbocycles. The van der Waals surface area contributed by atoms with E-state index in [1.807, 2.05) is 18.2 Å². The lowest BCUT2D eigenvalue weighted by Gasteiger charge is -2.20. The van der Waals surface area contributed by atoms with Gasteiger partial charge in [-0.2, -0.15) is 4.98 Å². The standard InChI is InChI=1S/C19H21N3O2/c23-12-4-11-22-10-3-7-17(22)19-20-18(21-24-19)16-9-8-14-5-1-2-6-15(14)13-16/h1-2,5-6,8-9,13,17,23H,3-4,7,10-12H2/t17-/m0/s1. The summed E-state index contributed by atoms with van der Waals surface area (Å²) in [4.78, 5) is 6.97. The van der Waals surface area contributed by atoms with Gasteiger partial charge in [0.15, 0.2) is 0 Å². The van der Waals surface area contributed by atoms with Crippen LogP contribution >= 0.6 is 0 Å². The van der Waals surface area contributed by atoms with Gasteiger partial charge in [0.2, 0.25) is 11.7 Å². The number of rotatable bonds is 5. The molecule has 0 spiro atoms. The topological polar surface area (TPSA) is 62.4 Å². The zero-order valence-corrected chi connectivity index (χ0v) is 13.6. The maximum absolute atomic E-state index is 9.04. The third kappa shape index (κ3) is 2.92. The number of aliphatic hydroxyl groups excluding tert-OH is 1. The van der Waals surface area contributed by atoms with Gasteiger partial charge in [-0.3, -0.25) is 4.90 Å². The van der Waals surface area contributed by atoms with Crippen LogP contribution in [0.1, 0.15) is 31.2 Å². The number of hydrogen-bond acceptors (Lipinski definition) is 5. The first-order chi connectivity index (χ1) is 11.8. The third-order valence-corrected chi connectivity index (χ3v) is 4.70. The average molecular weight is 323 g/mol. The Morgan fingerprint density at radius 3 is 2.92 bits per heavy atom. The van der Waals surface area contributed by atoms with Crippen molar-refractivity contribution in [1.29, 1.82) is 0 Å². The summed E-state index contributed by atoms with van der Waals surface area (Å²) in [5, 5.41) is 15.6. The van der Waals surface area contributed by atoms with Crippen molar-refractivity contribution >= 4 is 10.8 Å². The van der Waals surface area contributed by atoms with Crippen molar-refractivity contribution in [1.82, 2.24) is 15.0 Å². The number of hydrogen-bond donors (Lipinski definition) is 1. The molecule has 1 saturated heterocycles. The molecule has 1 aromatic heterocycles. The van der Waals surface area contributed by atoms with E-state index in [2.05, 4.69) is 39.3 Å². The molecule has 24 heavy (non-hydrogen) atoms. The van der Waals surface area contributed by atoms with Gasteiger partial charge in [0.05, 0.1) is 6.04 Å². The van der Waals surface area contributed by atoms with Crippen LogP contribution in [-0.2, 0) is 0 Å². The van der Waals surface area contributed by atoms with Gasteiger partial charge >= 0.3 is 0 Å². The van der Waals surface area contributed by atoms with Crippen LogP contribution in [0.2, 0.25) is 0 Å². The highest BCUT2D eigenvalue weighted by Gasteiger charge is 2.30. The van der Waals surface area contributed by atoms with Gasteiger partial charge in [-0.1, -0.05) is 41.6 Å². The summed E-state index contributed by atoms with van der Waals surface area (Å²) in [5.41, 5.74) is 0.976. The summed E-state index contributed by atoms with van der Waals surface area (Å²) < 4.78 is 5.56. The molecule has 124 valence electrons. The molecular weight excluding hydrogens is 302 g/mol. The number of nitrogens with zero attached hydrogens (tertiary/aromatic N) is 3. The highest BCUT2D eigenvalue weighted by molar-refractivity contribution is 5.86. The Hall–Kier alpha value is -2.24. The quantitative estimate of drug-likeness (QED) is 0.779. The SMILES string of the molecule is OCCCN1CCC[C@H]1c1nc(-c2ccc3ccccc3c2)no1. The monoisotopic (exact) mass is 323 g/mol. The molecule has 1 fully saturated rings. The predicted molar refractivity (Wildman–Crippen MR) is 92.5 cm³/mol. The maximum Gasteiger partial charge on any atom is 0.244 e. The van der Waals surface area contributed by atoms with Gasteiger partial charge in [0, 0.05) is 18.7 Å². The number of fused-ring (bicyclic) bond motifs is 1. The van der Waals surface area contributed by atoms with Gasteiger partial charge < -0.3 is 9.63 Å². The Bertz CT molecular complexity index is 830. The number of likely N-dealkylation sites (tertiary alicyclic amines) is 1. The van der Waals surface area contributed by atoms with Crippen molar-refractivity contribution in [3.63, 3.8) is 0 Å². The van der Waals surface area contributed by atoms with E-state index in [1.54, 1.807) is 0 Å². The first kappa shape index (κ1) is 15.3.